The Hall–Kier alpha value is -4.05. The lowest BCUT2D eigenvalue weighted by molar-refractivity contribution is -0.384. The Morgan fingerprint density at radius 2 is 1.91 bits per heavy atom. The molecule has 1 saturated heterocycles. The summed E-state index contributed by atoms with van der Waals surface area (Å²) in [6.07, 6.45) is 2.66. The maximum atomic E-state index is 12.1. The van der Waals surface area contributed by atoms with E-state index in [1.54, 1.807) is 6.07 Å². The summed E-state index contributed by atoms with van der Waals surface area (Å²) in [5.41, 5.74) is 7.88. The Balaban J connectivity index is 1.60. The van der Waals surface area contributed by atoms with E-state index in [0.29, 0.717) is 18.0 Å². The molecule has 1 amide bonds. The van der Waals surface area contributed by atoms with Crippen LogP contribution in [0.3, 0.4) is 0 Å². The second-order valence-electron chi connectivity index (χ2n) is 8.57. The summed E-state index contributed by atoms with van der Waals surface area (Å²) in [6, 6.07) is 13.8. The fourth-order valence-corrected chi connectivity index (χ4v) is 4.12. The van der Waals surface area contributed by atoms with Gasteiger partial charge >= 0.3 is 0 Å². The number of anilines is 2. The van der Waals surface area contributed by atoms with Gasteiger partial charge in [-0.1, -0.05) is 25.1 Å². The van der Waals surface area contributed by atoms with Crippen LogP contribution in [0.1, 0.15) is 47.4 Å². The molecule has 0 aliphatic carbocycles. The highest BCUT2D eigenvalue weighted by Crippen LogP contribution is 2.31. The molecule has 3 aromatic rings. The van der Waals surface area contributed by atoms with Crippen LogP contribution in [-0.4, -0.2) is 45.8 Å². The quantitative estimate of drug-likeness (QED) is 0.361. The highest BCUT2D eigenvalue weighted by molar-refractivity contribution is 5.96. The van der Waals surface area contributed by atoms with E-state index in [1.165, 1.54) is 23.8 Å². The first kappa shape index (κ1) is 24.1. The van der Waals surface area contributed by atoms with Crippen LogP contribution in [0, 0.1) is 10.1 Å². The number of ether oxygens (including phenoxy) is 1. The number of carbonyl (C=O) groups is 1. The monoisotopic (exact) mass is 476 g/mol. The molecule has 0 saturated carbocycles. The summed E-state index contributed by atoms with van der Waals surface area (Å²) in [7, 11) is 2.14. The molecule has 1 aliphatic heterocycles. The standard InChI is InChI=1S/C25H28N6O4/c1-3-21-25(35-20-6-4-5-19(15-20)31(33)34)29-24(22(28-21)23(26)32)27-18-9-7-16(8-10-18)17-11-13-30(2)14-12-17/h4-10,15,17H,3,11-14H2,1-2H3,(H2,26,32)(H,27,29). The molecule has 10 heteroatoms. The van der Waals surface area contributed by atoms with Crippen molar-refractivity contribution in [2.24, 2.45) is 5.73 Å². The minimum absolute atomic E-state index is 0.00682. The number of nitrogens with zero attached hydrogens (tertiary/aromatic N) is 4. The van der Waals surface area contributed by atoms with Gasteiger partial charge < -0.3 is 20.7 Å². The van der Waals surface area contributed by atoms with Crippen molar-refractivity contribution < 1.29 is 14.5 Å². The average molecular weight is 477 g/mol. The minimum Gasteiger partial charge on any atom is -0.437 e. The predicted octanol–water partition coefficient (Wildman–Crippen LogP) is 4.39. The number of amides is 1. The van der Waals surface area contributed by atoms with Crippen molar-refractivity contribution in [3.63, 3.8) is 0 Å². The predicted molar refractivity (Wildman–Crippen MR) is 132 cm³/mol. The fraction of sp³-hybridized carbons (Fsp3) is 0.320. The number of hydrogen-bond donors (Lipinski definition) is 2. The number of aryl methyl sites for hydroxylation is 1. The first-order valence-corrected chi connectivity index (χ1v) is 11.5. The van der Waals surface area contributed by atoms with Crippen LogP contribution in [0.25, 0.3) is 0 Å². The third-order valence-electron chi connectivity index (χ3n) is 6.11. The van der Waals surface area contributed by atoms with E-state index < -0.39 is 10.8 Å². The number of nitro groups is 1. The molecule has 10 nitrogen and oxygen atoms in total. The number of benzene rings is 2. The van der Waals surface area contributed by atoms with Crippen LogP contribution >= 0.6 is 0 Å². The molecule has 0 bridgehead atoms. The topological polar surface area (TPSA) is 137 Å². The number of nitro benzene ring substituents is 1. The number of piperidine rings is 1. The molecule has 1 aliphatic rings. The molecule has 3 N–H and O–H groups in total. The summed E-state index contributed by atoms with van der Waals surface area (Å²) in [6.45, 7) is 4.00. The largest absolute Gasteiger partial charge is 0.437 e. The van der Waals surface area contributed by atoms with Crippen LogP contribution in [0.15, 0.2) is 48.5 Å². The zero-order valence-electron chi connectivity index (χ0n) is 19.7. The lowest BCUT2D eigenvalue weighted by atomic mass is 9.89. The third kappa shape index (κ3) is 5.72. The van der Waals surface area contributed by atoms with Crippen molar-refractivity contribution in [3.05, 3.63) is 75.6 Å². The fourth-order valence-electron chi connectivity index (χ4n) is 4.12. The minimum atomic E-state index is -0.723. The molecule has 1 aromatic heterocycles. The molecule has 1 fully saturated rings. The number of nitrogens with two attached hydrogens (primary N) is 1. The van der Waals surface area contributed by atoms with Gasteiger partial charge in [0.25, 0.3) is 11.6 Å². The zero-order valence-corrected chi connectivity index (χ0v) is 19.7. The molecule has 0 unspecified atom stereocenters. The SMILES string of the molecule is CCc1nc(C(N)=O)c(Nc2ccc(C3CCN(C)CC3)cc2)nc1Oc1cccc([N+](=O)[O-])c1. The van der Waals surface area contributed by atoms with Gasteiger partial charge in [0.05, 0.1) is 11.0 Å². The van der Waals surface area contributed by atoms with Crippen LogP contribution in [-0.2, 0) is 6.42 Å². The second kappa shape index (κ2) is 10.5. The Bertz CT molecular complexity index is 1220. The maximum absolute atomic E-state index is 12.1. The van der Waals surface area contributed by atoms with E-state index in [0.717, 1.165) is 31.6 Å². The van der Waals surface area contributed by atoms with Gasteiger partial charge in [-0.25, -0.2) is 4.98 Å². The number of rotatable bonds is 8. The lowest BCUT2D eigenvalue weighted by Gasteiger charge is -2.29. The van der Waals surface area contributed by atoms with Crippen molar-refractivity contribution in [1.29, 1.82) is 0 Å². The lowest BCUT2D eigenvalue weighted by Crippen LogP contribution is -2.29. The Kier molecular flexibility index (Phi) is 7.21. The van der Waals surface area contributed by atoms with Crippen LogP contribution in [0.5, 0.6) is 11.6 Å². The van der Waals surface area contributed by atoms with E-state index in [4.69, 9.17) is 10.5 Å². The van der Waals surface area contributed by atoms with Crippen LogP contribution in [0.2, 0.25) is 0 Å². The van der Waals surface area contributed by atoms with Gasteiger partial charge in [0.1, 0.15) is 11.4 Å². The molecule has 0 atom stereocenters. The average Bonchev–Trinajstić information content (AvgIpc) is 2.85. The number of aromatic nitrogens is 2. The summed E-state index contributed by atoms with van der Waals surface area (Å²) in [5, 5.41) is 14.2. The highest BCUT2D eigenvalue weighted by Gasteiger charge is 2.21. The molecule has 0 radical (unpaired) electrons. The van der Waals surface area contributed by atoms with E-state index in [-0.39, 0.29) is 28.8 Å². The van der Waals surface area contributed by atoms with Gasteiger partial charge in [0, 0.05) is 11.8 Å². The van der Waals surface area contributed by atoms with Crippen LogP contribution < -0.4 is 15.8 Å². The van der Waals surface area contributed by atoms with Gasteiger partial charge in [-0.15, -0.1) is 0 Å². The number of non-ortho nitro benzene ring substituents is 1. The van der Waals surface area contributed by atoms with Crippen molar-refractivity contribution in [2.75, 3.05) is 25.5 Å². The van der Waals surface area contributed by atoms with E-state index in [2.05, 4.69) is 39.4 Å². The van der Waals surface area contributed by atoms with Crippen molar-refractivity contribution in [3.8, 4) is 11.6 Å². The normalized spacial score (nSPS) is 14.5. The highest BCUT2D eigenvalue weighted by atomic mass is 16.6. The first-order chi connectivity index (χ1) is 16.8. The van der Waals surface area contributed by atoms with Gasteiger partial charge in [0.2, 0.25) is 5.88 Å². The smallest absolute Gasteiger partial charge is 0.273 e. The van der Waals surface area contributed by atoms with Gasteiger partial charge in [-0.3, -0.25) is 14.9 Å². The molecule has 2 aromatic carbocycles. The van der Waals surface area contributed by atoms with Gasteiger partial charge in [-0.05, 0) is 69.1 Å². The molecule has 4 rings (SSSR count). The van der Waals surface area contributed by atoms with E-state index >= 15 is 0 Å². The van der Waals surface area contributed by atoms with Gasteiger partial charge in [0.15, 0.2) is 11.5 Å². The maximum Gasteiger partial charge on any atom is 0.273 e. The Morgan fingerprint density at radius 1 is 1.20 bits per heavy atom. The van der Waals surface area contributed by atoms with E-state index in [1.807, 2.05) is 19.1 Å². The summed E-state index contributed by atoms with van der Waals surface area (Å²) in [5.74, 6) is 0.341. The second-order valence-corrected chi connectivity index (χ2v) is 8.57. The number of likely N-dealkylation sites (tertiary alicyclic amines) is 1. The Labute approximate surface area is 203 Å². The van der Waals surface area contributed by atoms with E-state index in [9.17, 15) is 14.9 Å². The number of primary amides is 1. The number of carbonyl (C=O) groups excluding carboxylic acids is 1. The molecule has 35 heavy (non-hydrogen) atoms. The number of hydrogen-bond acceptors (Lipinski definition) is 8. The molecule has 182 valence electrons. The summed E-state index contributed by atoms with van der Waals surface area (Å²) < 4.78 is 5.84. The molecule has 2 heterocycles. The zero-order chi connectivity index (χ0) is 24.9. The molecule has 0 spiro atoms. The summed E-state index contributed by atoms with van der Waals surface area (Å²) >= 11 is 0. The molecular formula is C25H28N6O4. The third-order valence-corrected chi connectivity index (χ3v) is 6.11. The number of nitrogens with one attached hydrogen (secondary N) is 1. The first-order valence-electron chi connectivity index (χ1n) is 11.5. The van der Waals surface area contributed by atoms with Gasteiger partial charge in [-0.2, -0.15) is 4.98 Å². The van der Waals surface area contributed by atoms with Crippen LogP contribution in [0.4, 0.5) is 17.2 Å². The van der Waals surface area contributed by atoms with Crippen molar-refractivity contribution in [1.82, 2.24) is 14.9 Å². The Morgan fingerprint density at radius 3 is 2.54 bits per heavy atom. The van der Waals surface area contributed by atoms with Crippen molar-refractivity contribution in [2.45, 2.75) is 32.1 Å². The summed E-state index contributed by atoms with van der Waals surface area (Å²) in [4.78, 5) is 33.9. The molecular weight excluding hydrogens is 448 g/mol. The van der Waals surface area contributed by atoms with Crippen molar-refractivity contribution >= 4 is 23.1 Å².